The molecule has 4 rings (SSSR count). The first kappa shape index (κ1) is 15.0. The lowest BCUT2D eigenvalue weighted by molar-refractivity contribution is 0.189. The van der Waals surface area contributed by atoms with E-state index in [0.29, 0.717) is 11.8 Å². The van der Waals surface area contributed by atoms with Crippen molar-refractivity contribution in [2.45, 2.75) is 25.3 Å². The van der Waals surface area contributed by atoms with Crippen molar-refractivity contribution in [3.63, 3.8) is 0 Å². The maximum atomic E-state index is 13.0. The zero-order chi connectivity index (χ0) is 16.4. The molecule has 1 saturated heterocycles. The maximum Gasteiger partial charge on any atom is 0.247 e. The van der Waals surface area contributed by atoms with Gasteiger partial charge < -0.3 is 9.40 Å². The molecule has 7 heteroatoms. The number of piperidine rings is 1. The van der Waals surface area contributed by atoms with E-state index in [-0.39, 0.29) is 11.7 Å². The molecule has 0 spiro atoms. The Balaban J connectivity index is 1.38. The molecule has 1 aromatic carbocycles. The van der Waals surface area contributed by atoms with E-state index in [1.54, 1.807) is 18.3 Å². The van der Waals surface area contributed by atoms with Crippen molar-refractivity contribution >= 4 is 0 Å². The quantitative estimate of drug-likeness (QED) is 0.798. The van der Waals surface area contributed by atoms with Gasteiger partial charge in [0.05, 0.1) is 6.54 Å². The SMILES string of the molecule is Fc1ccc(-c2nnc(C3CCN(Cc4ncc[nH]4)CC3)o2)cc1. The highest BCUT2D eigenvalue weighted by molar-refractivity contribution is 5.52. The van der Waals surface area contributed by atoms with Gasteiger partial charge in [-0.05, 0) is 50.2 Å². The minimum atomic E-state index is -0.276. The highest BCUT2D eigenvalue weighted by atomic mass is 19.1. The summed E-state index contributed by atoms with van der Waals surface area (Å²) >= 11 is 0. The van der Waals surface area contributed by atoms with E-state index in [1.807, 2.05) is 6.20 Å². The summed E-state index contributed by atoms with van der Waals surface area (Å²) in [7, 11) is 0. The van der Waals surface area contributed by atoms with E-state index in [4.69, 9.17) is 4.42 Å². The number of halogens is 1. The fraction of sp³-hybridized carbons (Fsp3) is 0.353. The van der Waals surface area contributed by atoms with Crippen LogP contribution >= 0.6 is 0 Å². The van der Waals surface area contributed by atoms with E-state index in [2.05, 4.69) is 25.1 Å². The molecule has 2 aromatic heterocycles. The molecule has 1 aliphatic heterocycles. The number of nitrogens with zero attached hydrogens (tertiary/aromatic N) is 4. The topological polar surface area (TPSA) is 70.8 Å². The van der Waals surface area contributed by atoms with Crippen molar-refractivity contribution in [1.82, 2.24) is 25.1 Å². The minimum absolute atomic E-state index is 0.276. The third-order valence-electron chi connectivity index (χ3n) is 4.40. The largest absolute Gasteiger partial charge is 0.420 e. The molecule has 3 heterocycles. The second kappa shape index (κ2) is 6.52. The van der Waals surface area contributed by atoms with E-state index < -0.39 is 0 Å². The standard InChI is InChI=1S/C17H18FN5O/c18-14-3-1-12(2-4-14)16-21-22-17(24-16)13-5-9-23(10-6-13)11-15-19-7-8-20-15/h1-4,7-8,13H,5-6,9-11H2,(H,19,20). The van der Waals surface area contributed by atoms with E-state index in [1.165, 1.54) is 12.1 Å². The van der Waals surface area contributed by atoms with Gasteiger partial charge >= 0.3 is 0 Å². The second-order valence-corrected chi connectivity index (χ2v) is 6.04. The predicted octanol–water partition coefficient (Wildman–Crippen LogP) is 2.98. The summed E-state index contributed by atoms with van der Waals surface area (Å²) in [6.07, 6.45) is 5.58. The van der Waals surface area contributed by atoms with Crippen LogP contribution in [0.4, 0.5) is 4.39 Å². The minimum Gasteiger partial charge on any atom is -0.420 e. The number of aromatic nitrogens is 4. The van der Waals surface area contributed by atoms with Gasteiger partial charge in [0.15, 0.2) is 0 Å². The van der Waals surface area contributed by atoms with Crippen LogP contribution in [0.1, 0.15) is 30.5 Å². The van der Waals surface area contributed by atoms with Crippen molar-refractivity contribution in [3.05, 3.63) is 54.2 Å². The molecule has 0 amide bonds. The Hall–Kier alpha value is -2.54. The summed E-state index contributed by atoms with van der Waals surface area (Å²) in [6, 6.07) is 6.09. The van der Waals surface area contributed by atoms with Crippen LogP contribution in [0.2, 0.25) is 0 Å². The van der Waals surface area contributed by atoms with Gasteiger partial charge in [-0.25, -0.2) is 9.37 Å². The summed E-state index contributed by atoms with van der Waals surface area (Å²) < 4.78 is 18.8. The van der Waals surface area contributed by atoms with Crippen molar-refractivity contribution < 1.29 is 8.81 Å². The fourth-order valence-corrected chi connectivity index (χ4v) is 3.04. The number of likely N-dealkylation sites (tertiary alicyclic amines) is 1. The Morgan fingerprint density at radius 2 is 1.96 bits per heavy atom. The van der Waals surface area contributed by atoms with Crippen LogP contribution in [-0.2, 0) is 6.54 Å². The Morgan fingerprint density at radius 3 is 2.67 bits per heavy atom. The van der Waals surface area contributed by atoms with Gasteiger partial charge in [-0.15, -0.1) is 10.2 Å². The molecule has 0 bridgehead atoms. The average Bonchev–Trinajstić information content (AvgIpc) is 3.28. The number of hydrogen-bond acceptors (Lipinski definition) is 5. The van der Waals surface area contributed by atoms with Crippen LogP contribution in [0.5, 0.6) is 0 Å². The van der Waals surface area contributed by atoms with Gasteiger partial charge in [-0.1, -0.05) is 0 Å². The molecular formula is C17H18FN5O. The van der Waals surface area contributed by atoms with Crippen molar-refractivity contribution in [3.8, 4) is 11.5 Å². The zero-order valence-corrected chi connectivity index (χ0v) is 13.2. The van der Waals surface area contributed by atoms with Crippen molar-refractivity contribution in [2.24, 2.45) is 0 Å². The fourth-order valence-electron chi connectivity index (χ4n) is 3.04. The molecule has 0 unspecified atom stereocenters. The number of aromatic amines is 1. The van der Waals surface area contributed by atoms with Gasteiger partial charge in [0, 0.05) is 23.9 Å². The van der Waals surface area contributed by atoms with Gasteiger partial charge in [0.25, 0.3) is 0 Å². The number of rotatable bonds is 4. The van der Waals surface area contributed by atoms with Gasteiger partial charge in [0.1, 0.15) is 11.6 Å². The van der Waals surface area contributed by atoms with Gasteiger partial charge in [-0.2, -0.15) is 0 Å². The number of hydrogen-bond donors (Lipinski definition) is 1. The molecule has 0 aliphatic carbocycles. The average molecular weight is 327 g/mol. The first-order chi connectivity index (χ1) is 11.8. The van der Waals surface area contributed by atoms with E-state index >= 15 is 0 Å². The molecular weight excluding hydrogens is 309 g/mol. The summed E-state index contributed by atoms with van der Waals surface area (Å²) in [5.74, 6) is 2.11. The number of H-pyrrole nitrogens is 1. The van der Waals surface area contributed by atoms with Crippen molar-refractivity contribution in [2.75, 3.05) is 13.1 Å². The lowest BCUT2D eigenvalue weighted by Crippen LogP contribution is -2.32. The molecule has 0 saturated carbocycles. The van der Waals surface area contributed by atoms with Gasteiger partial charge in [0.2, 0.25) is 11.8 Å². The lowest BCUT2D eigenvalue weighted by atomic mass is 9.97. The predicted molar refractivity (Wildman–Crippen MR) is 85.5 cm³/mol. The molecule has 3 aromatic rings. The third kappa shape index (κ3) is 3.21. The Morgan fingerprint density at radius 1 is 1.17 bits per heavy atom. The second-order valence-electron chi connectivity index (χ2n) is 6.04. The molecule has 6 nitrogen and oxygen atoms in total. The smallest absolute Gasteiger partial charge is 0.247 e. The van der Waals surface area contributed by atoms with Gasteiger partial charge in [-0.3, -0.25) is 4.90 Å². The van der Waals surface area contributed by atoms with E-state index in [9.17, 15) is 4.39 Å². The first-order valence-electron chi connectivity index (χ1n) is 8.08. The molecule has 0 atom stereocenters. The van der Waals surface area contributed by atoms with Crippen molar-refractivity contribution in [1.29, 1.82) is 0 Å². The Kier molecular flexibility index (Phi) is 4.08. The van der Waals surface area contributed by atoms with Crippen LogP contribution in [0.3, 0.4) is 0 Å². The van der Waals surface area contributed by atoms with Crippen LogP contribution < -0.4 is 0 Å². The summed E-state index contributed by atoms with van der Waals surface area (Å²) in [6.45, 7) is 2.78. The number of imidazole rings is 1. The maximum absolute atomic E-state index is 13.0. The summed E-state index contributed by atoms with van der Waals surface area (Å²) in [5.41, 5.74) is 0.741. The Labute approximate surface area is 138 Å². The third-order valence-corrected chi connectivity index (χ3v) is 4.40. The van der Waals surface area contributed by atoms with Crippen LogP contribution in [0.25, 0.3) is 11.5 Å². The van der Waals surface area contributed by atoms with Crippen LogP contribution in [0, 0.1) is 5.82 Å². The molecule has 1 aliphatic rings. The zero-order valence-electron chi connectivity index (χ0n) is 13.2. The molecule has 1 fully saturated rings. The van der Waals surface area contributed by atoms with E-state index in [0.717, 1.165) is 43.9 Å². The molecule has 124 valence electrons. The highest BCUT2D eigenvalue weighted by Crippen LogP contribution is 2.29. The number of benzene rings is 1. The normalized spacial score (nSPS) is 16.5. The monoisotopic (exact) mass is 327 g/mol. The summed E-state index contributed by atoms with van der Waals surface area (Å²) in [5, 5.41) is 8.30. The number of nitrogens with one attached hydrogen (secondary N) is 1. The first-order valence-corrected chi connectivity index (χ1v) is 8.08. The summed E-state index contributed by atoms with van der Waals surface area (Å²) in [4.78, 5) is 9.77. The Bertz CT molecular complexity index is 776. The highest BCUT2D eigenvalue weighted by Gasteiger charge is 2.25. The molecule has 24 heavy (non-hydrogen) atoms. The lowest BCUT2D eigenvalue weighted by Gasteiger charge is -2.29. The van der Waals surface area contributed by atoms with Crippen LogP contribution in [-0.4, -0.2) is 38.2 Å². The van der Waals surface area contributed by atoms with Crippen LogP contribution in [0.15, 0.2) is 41.1 Å². The molecule has 0 radical (unpaired) electrons. The molecule has 1 N–H and O–H groups in total.